The fraction of sp³-hybridized carbons (Fsp3) is 0.714. The van der Waals surface area contributed by atoms with E-state index in [-0.39, 0.29) is 11.3 Å². The minimum Gasteiger partial charge on any atom is -0.234 e. The van der Waals surface area contributed by atoms with Crippen LogP contribution in [0.1, 0.15) is 58.3 Å². The molecule has 4 aliphatic rings. The van der Waals surface area contributed by atoms with Crippen molar-refractivity contribution in [2.75, 3.05) is 0 Å². The number of hydrogen-bond acceptors (Lipinski definition) is 1. The summed E-state index contributed by atoms with van der Waals surface area (Å²) in [7, 11) is 0. The van der Waals surface area contributed by atoms with Crippen molar-refractivity contribution in [2.24, 2.45) is 35.0 Å². The van der Waals surface area contributed by atoms with Crippen molar-refractivity contribution in [2.45, 2.75) is 58.3 Å². The number of carbonyl (C=O) groups excluding carboxylic acids is 1. The van der Waals surface area contributed by atoms with Crippen molar-refractivity contribution in [3.05, 3.63) is 29.6 Å². The molecular weight excluding hydrogens is 287 g/mol. The van der Waals surface area contributed by atoms with E-state index in [0.717, 1.165) is 24.7 Å². The molecule has 3 fully saturated rings. The summed E-state index contributed by atoms with van der Waals surface area (Å²) in [5.41, 5.74) is 2.71. The monoisotopic (exact) mass is 314 g/mol. The zero-order chi connectivity index (χ0) is 16.0. The van der Waals surface area contributed by atoms with Crippen LogP contribution < -0.4 is 0 Å². The van der Waals surface area contributed by atoms with Gasteiger partial charge in [0.2, 0.25) is 0 Å². The minimum absolute atomic E-state index is 0.0619. The van der Waals surface area contributed by atoms with Gasteiger partial charge in [0.15, 0.2) is 0 Å². The number of allylic oxidation sites excluding steroid dienone is 4. The van der Waals surface area contributed by atoms with Gasteiger partial charge in [-0.1, -0.05) is 18.6 Å². The van der Waals surface area contributed by atoms with Gasteiger partial charge in [-0.25, -0.2) is 9.18 Å². The highest BCUT2D eigenvalue weighted by atomic mass is 19.1. The van der Waals surface area contributed by atoms with Crippen LogP contribution in [0.4, 0.5) is 4.39 Å². The van der Waals surface area contributed by atoms with E-state index in [9.17, 15) is 9.18 Å². The molecule has 2 heteroatoms. The molecule has 4 rings (SSSR count). The van der Waals surface area contributed by atoms with E-state index in [1.54, 1.807) is 11.6 Å². The summed E-state index contributed by atoms with van der Waals surface area (Å²) in [5.74, 6) is 4.58. The number of fused-ring (bicyclic) bond motifs is 5. The third-order valence-corrected chi connectivity index (χ3v) is 7.69. The molecule has 0 aliphatic heterocycles. The summed E-state index contributed by atoms with van der Waals surface area (Å²) < 4.78 is 13.9. The molecule has 0 radical (unpaired) electrons. The first-order valence-corrected chi connectivity index (χ1v) is 9.38. The van der Waals surface area contributed by atoms with Gasteiger partial charge in [0, 0.05) is 6.08 Å². The zero-order valence-electron chi connectivity index (χ0n) is 14.1. The van der Waals surface area contributed by atoms with Gasteiger partial charge >= 0.3 is 0 Å². The van der Waals surface area contributed by atoms with E-state index >= 15 is 0 Å². The summed E-state index contributed by atoms with van der Waals surface area (Å²) in [4.78, 5) is 10.9. The van der Waals surface area contributed by atoms with Gasteiger partial charge in [0.1, 0.15) is 5.94 Å². The fourth-order valence-corrected chi connectivity index (χ4v) is 6.74. The average molecular weight is 314 g/mol. The van der Waals surface area contributed by atoms with Crippen molar-refractivity contribution < 1.29 is 9.18 Å². The summed E-state index contributed by atoms with van der Waals surface area (Å²) >= 11 is 0. The molecule has 6 atom stereocenters. The van der Waals surface area contributed by atoms with Crippen molar-refractivity contribution in [1.82, 2.24) is 0 Å². The Kier molecular flexibility index (Phi) is 3.84. The maximum atomic E-state index is 13.9. The zero-order valence-corrected chi connectivity index (χ0v) is 14.1. The lowest BCUT2D eigenvalue weighted by atomic mass is 9.50. The summed E-state index contributed by atoms with van der Waals surface area (Å²) in [6.45, 7) is 2.30. The van der Waals surface area contributed by atoms with E-state index < -0.39 is 0 Å². The number of halogens is 1. The molecule has 23 heavy (non-hydrogen) atoms. The lowest BCUT2D eigenvalue weighted by Gasteiger charge is -2.54. The molecule has 0 spiro atoms. The lowest BCUT2D eigenvalue weighted by Crippen LogP contribution is -2.47. The van der Waals surface area contributed by atoms with Gasteiger partial charge in [-0.15, -0.1) is 0 Å². The molecule has 1 nitrogen and oxygen atoms in total. The van der Waals surface area contributed by atoms with Crippen LogP contribution in [-0.2, 0) is 4.79 Å². The molecule has 0 bridgehead atoms. The van der Waals surface area contributed by atoms with Gasteiger partial charge in [-0.3, -0.25) is 0 Å². The first-order valence-electron chi connectivity index (χ1n) is 9.38. The SMILES string of the molecule is C[C@]12CC(=CF)[C@H]3[C@@H](CCC4=CCCC[C@@H]43)[C@@H]1CC[C@H]2C=C=O. The highest BCUT2D eigenvalue weighted by Gasteiger charge is 2.57. The van der Waals surface area contributed by atoms with E-state index in [4.69, 9.17) is 0 Å². The summed E-state index contributed by atoms with van der Waals surface area (Å²) in [6, 6.07) is 0. The normalized spacial score (nSPS) is 47.1. The van der Waals surface area contributed by atoms with Crippen LogP contribution >= 0.6 is 0 Å². The second-order valence-corrected chi connectivity index (χ2v) is 8.49. The van der Waals surface area contributed by atoms with E-state index in [2.05, 4.69) is 13.0 Å². The van der Waals surface area contributed by atoms with E-state index in [1.165, 1.54) is 38.5 Å². The smallest absolute Gasteiger partial charge is 0.120 e. The fourth-order valence-electron chi connectivity index (χ4n) is 6.74. The highest BCUT2D eigenvalue weighted by Crippen LogP contribution is 2.65. The van der Waals surface area contributed by atoms with E-state index in [0.29, 0.717) is 23.7 Å². The molecule has 0 N–H and O–H groups in total. The highest BCUT2D eigenvalue weighted by molar-refractivity contribution is 5.46. The standard InChI is InChI=1S/C21H27FO/c1-21-12-15(13-22)20-17-5-3-2-4-14(17)6-8-18(20)19(21)9-7-16(21)10-11-23/h4,10,13,16-20H,2-3,5-9,12H2,1H3/t16-,17-,18-,19-,20+,21+/m0/s1. The Morgan fingerprint density at radius 1 is 1.30 bits per heavy atom. The van der Waals surface area contributed by atoms with Gasteiger partial charge in [0.05, 0.1) is 6.33 Å². The Balaban J connectivity index is 1.72. The van der Waals surface area contributed by atoms with Crippen LogP contribution in [0.3, 0.4) is 0 Å². The van der Waals surface area contributed by atoms with Crippen LogP contribution in [0.5, 0.6) is 0 Å². The maximum Gasteiger partial charge on any atom is 0.120 e. The summed E-state index contributed by atoms with van der Waals surface area (Å²) in [6.07, 6.45) is 14.4. The predicted octanol–water partition coefficient (Wildman–Crippen LogP) is 5.42. The van der Waals surface area contributed by atoms with Crippen molar-refractivity contribution in [3.63, 3.8) is 0 Å². The van der Waals surface area contributed by atoms with Gasteiger partial charge < -0.3 is 0 Å². The van der Waals surface area contributed by atoms with Crippen LogP contribution in [0, 0.1) is 35.0 Å². The number of hydrogen-bond donors (Lipinski definition) is 0. The Labute approximate surface area is 138 Å². The molecule has 4 aliphatic carbocycles. The maximum absolute atomic E-state index is 13.9. The Bertz CT molecular complexity index is 597. The predicted molar refractivity (Wildman–Crippen MR) is 90.0 cm³/mol. The Morgan fingerprint density at radius 2 is 2.17 bits per heavy atom. The molecular formula is C21H27FO. The van der Waals surface area contributed by atoms with Crippen molar-refractivity contribution in [1.29, 1.82) is 0 Å². The van der Waals surface area contributed by atoms with Crippen LogP contribution in [0.25, 0.3) is 0 Å². The van der Waals surface area contributed by atoms with Crippen LogP contribution in [-0.4, -0.2) is 5.94 Å². The first-order chi connectivity index (χ1) is 11.2. The topological polar surface area (TPSA) is 17.1 Å². The average Bonchev–Trinajstić information content (AvgIpc) is 2.90. The quantitative estimate of drug-likeness (QED) is 0.467. The van der Waals surface area contributed by atoms with Crippen LogP contribution in [0.15, 0.2) is 29.6 Å². The first kappa shape index (κ1) is 15.4. The minimum atomic E-state index is 0.0619. The summed E-state index contributed by atoms with van der Waals surface area (Å²) in [5, 5.41) is 0. The molecule has 0 unspecified atom stereocenters. The van der Waals surface area contributed by atoms with Crippen LogP contribution in [0.2, 0.25) is 0 Å². The number of rotatable bonds is 1. The van der Waals surface area contributed by atoms with Crippen molar-refractivity contribution in [3.8, 4) is 0 Å². The Hall–Kier alpha value is -1.14. The van der Waals surface area contributed by atoms with Gasteiger partial charge in [0.25, 0.3) is 0 Å². The molecule has 124 valence electrons. The lowest BCUT2D eigenvalue weighted by molar-refractivity contribution is 0.0232. The van der Waals surface area contributed by atoms with E-state index in [1.807, 2.05) is 5.94 Å². The molecule has 0 amide bonds. The van der Waals surface area contributed by atoms with Gasteiger partial charge in [-0.05, 0) is 91.9 Å². The molecule has 0 aromatic rings. The van der Waals surface area contributed by atoms with Crippen molar-refractivity contribution >= 4 is 5.94 Å². The third-order valence-electron chi connectivity index (χ3n) is 7.69. The third kappa shape index (κ3) is 2.22. The molecule has 0 heterocycles. The molecule has 0 aromatic heterocycles. The second-order valence-electron chi connectivity index (χ2n) is 8.49. The Morgan fingerprint density at radius 3 is 2.96 bits per heavy atom. The molecule has 0 aromatic carbocycles. The second kappa shape index (κ2) is 5.74. The van der Waals surface area contributed by atoms with Gasteiger partial charge in [-0.2, -0.15) is 0 Å². The molecule has 0 saturated heterocycles. The largest absolute Gasteiger partial charge is 0.234 e. The molecule has 3 saturated carbocycles.